The van der Waals surface area contributed by atoms with Crippen LogP contribution in [0.1, 0.15) is 7.43 Å². The average Bonchev–Trinajstić information content (AvgIpc) is 1.80. The highest BCUT2D eigenvalue weighted by molar-refractivity contribution is 5.36. The number of aromatic nitrogens is 1. The van der Waals surface area contributed by atoms with Gasteiger partial charge in [-0.2, -0.15) is 0 Å². The molecule has 0 aliphatic carbocycles. The van der Waals surface area contributed by atoms with E-state index in [-0.39, 0.29) is 13.1 Å². The van der Waals surface area contributed by atoms with E-state index in [0.717, 1.165) is 6.07 Å². The van der Waals surface area contributed by atoms with Crippen LogP contribution in [0.25, 0.3) is 0 Å². The zero-order valence-corrected chi connectivity index (χ0v) is 4.50. The molecule has 0 saturated heterocycles. The smallest absolute Gasteiger partial charge is 0.248 e. The largest absolute Gasteiger partial charge is 0.491 e. The molecule has 0 fully saturated rings. The summed E-state index contributed by atoms with van der Waals surface area (Å²) in [5.41, 5.74) is 5.31. The van der Waals surface area contributed by atoms with Gasteiger partial charge in [-0.25, -0.2) is 9.37 Å². The normalized spacial score (nSPS) is 8.50. The lowest BCUT2D eigenvalue weighted by Crippen LogP contribution is -1.88. The first-order chi connectivity index (χ1) is 4.20. The zero-order valence-electron chi connectivity index (χ0n) is 4.50. The van der Waals surface area contributed by atoms with Crippen LogP contribution in [0.4, 0.5) is 10.1 Å². The number of rotatable bonds is 0. The molecule has 1 aromatic rings. The molecule has 0 bridgehead atoms. The molecule has 10 heavy (non-hydrogen) atoms. The Balaban J connectivity index is 0.000000810. The molecular formula is C6H9FN2O. The van der Waals surface area contributed by atoms with E-state index in [2.05, 4.69) is 4.98 Å². The predicted molar refractivity (Wildman–Crippen MR) is 37.0 cm³/mol. The quantitative estimate of drug-likeness (QED) is 0.574. The van der Waals surface area contributed by atoms with Crippen molar-refractivity contribution in [3.05, 3.63) is 18.1 Å². The molecule has 0 aliphatic heterocycles. The van der Waals surface area contributed by atoms with Crippen molar-refractivity contribution in [2.24, 2.45) is 0 Å². The van der Waals surface area contributed by atoms with Gasteiger partial charge in [-0.3, -0.25) is 0 Å². The van der Waals surface area contributed by atoms with Crippen molar-refractivity contribution >= 4 is 5.69 Å². The van der Waals surface area contributed by atoms with Crippen LogP contribution < -0.4 is 5.73 Å². The van der Waals surface area contributed by atoms with Crippen LogP contribution in [0.5, 0.6) is 5.88 Å². The topological polar surface area (TPSA) is 59.1 Å². The van der Waals surface area contributed by atoms with Gasteiger partial charge in [-0.15, -0.1) is 0 Å². The first kappa shape index (κ1) is 8.68. The molecule has 0 amide bonds. The molecule has 4 heteroatoms. The van der Waals surface area contributed by atoms with Crippen molar-refractivity contribution in [1.29, 1.82) is 0 Å². The summed E-state index contributed by atoms with van der Waals surface area (Å²) >= 11 is 0. The van der Waals surface area contributed by atoms with Crippen molar-refractivity contribution in [2.75, 3.05) is 5.73 Å². The van der Waals surface area contributed by atoms with Gasteiger partial charge in [0.05, 0.1) is 11.9 Å². The maximum Gasteiger partial charge on any atom is 0.248 e. The van der Waals surface area contributed by atoms with Crippen LogP contribution in [0.15, 0.2) is 12.3 Å². The Bertz CT molecular complexity index is 227. The third-order valence-corrected chi connectivity index (χ3v) is 0.843. The standard InChI is InChI=1S/C5H5FN2O.CH4/c6-4-1-3(7)2-8-5(4)9;/h1-2H,7H2,(H,8,9);1H4. The van der Waals surface area contributed by atoms with Gasteiger partial charge in [0.25, 0.3) is 0 Å². The number of aromatic hydroxyl groups is 1. The van der Waals surface area contributed by atoms with Gasteiger partial charge in [0.1, 0.15) is 0 Å². The Morgan fingerprint density at radius 3 is 2.60 bits per heavy atom. The van der Waals surface area contributed by atoms with Crippen molar-refractivity contribution in [2.45, 2.75) is 7.43 Å². The Morgan fingerprint density at radius 2 is 2.20 bits per heavy atom. The number of nitrogen functional groups attached to an aromatic ring is 1. The third-order valence-electron chi connectivity index (χ3n) is 0.843. The Morgan fingerprint density at radius 1 is 1.60 bits per heavy atom. The van der Waals surface area contributed by atoms with Crippen LogP contribution in [0.3, 0.4) is 0 Å². The number of hydrogen-bond donors (Lipinski definition) is 2. The molecule has 0 atom stereocenters. The van der Waals surface area contributed by atoms with Gasteiger partial charge in [0, 0.05) is 6.07 Å². The second kappa shape index (κ2) is 3.00. The van der Waals surface area contributed by atoms with E-state index in [9.17, 15) is 4.39 Å². The van der Waals surface area contributed by atoms with Gasteiger partial charge in [-0.1, -0.05) is 7.43 Å². The average molecular weight is 144 g/mol. The molecular weight excluding hydrogens is 135 g/mol. The minimum absolute atomic E-state index is 0. The first-order valence-electron chi connectivity index (χ1n) is 2.30. The molecule has 0 saturated carbocycles. The highest BCUT2D eigenvalue weighted by Gasteiger charge is 1.98. The molecule has 0 aliphatic rings. The lowest BCUT2D eigenvalue weighted by atomic mass is 10.4. The second-order valence-corrected chi connectivity index (χ2v) is 1.57. The fourth-order valence-electron chi connectivity index (χ4n) is 0.445. The summed E-state index contributed by atoms with van der Waals surface area (Å²) in [6, 6.07) is 1.00. The van der Waals surface area contributed by atoms with Gasteiger partial charge >= 0.3 is 0 Å². The Labute approximate surface area is 58.3 Å². The van der Waals surface area contributed by atoms with Gasteiger partial charge < -0.3 is 10.8 Å². The lowest BCUT2D eigenvalue weighted by molar-refractivity contribution is 0.412. The van der Waals surface area contributed by atoms with E-state index in [1.807, 2.05) is 0 Å². The van der Waals surface area contributed by atoms with E-state index >= 15 is 0 Å². The number of nitrogens with zero attached hydrogens (tertiary/aromatic N) is 1. The highest BCUT2D eigenvalue weighted by Crippen LogP contribution is 2.12. The Hall–Kier alpha value is -1.32. The molecule has 3 nitrogen and oxygen atoms in total. The number of nitrogens with two attached hydrogens (primary N) is 1. The van der Waals surface area contributed by atoms with E-state index < -0.39 is 11.7 Å². The van der Waals surface area contributed by atoms with E-state index in [1.165, 1.54) is 6.20 Å². The summed E-state index contributed by atoms with van der Waals surface area (Å²) in [6.45, 7) is 0. The Kier molecular flexibility index (Phi) is 2.61. The number of halogens is 1. The van der Waals surface area contributed by atoms with Gasteiger partial charge in [-0.05, 0) is 0 Å². The number of pyridine rings is 1. The molecule has 0 aromatic carbocycles. The molecule has 0 unspecified atom stereocenters. The summed E-state index contributed by atoms with van der Waals surface area (Å²) in [5.74, 6) is -1.42. The zero-order chi connectivity index (χ0) is 6.85. The van der Waals surface area contributed by atoms with Crippen LogP contribution in [0.2, 0.25) is 0 Å². The van der Waals surface area contributed by atoms with Gasteiger partial charge in [0.2, 0.25) is 5.88 Å². The first-order valence-corrected chi connectivity index (χ1v) is 2.30. The van der Waals surface area contributed by atoms with Crippen molar-refractivity contribution in [1.82, 2.24) is 4.98 Å². The maximum atomic E-state index is 12.2. The fourth-order valence-corrected chi connectivity index (χ4v) is 0.445. The molecule has 1 aromatic heterocycles. The maximum absolute atomic E-state index is 12.2. The SMILES string of the molecule is C.Nc1cnc(O)c(F)c1. The van der Waals surface area contributed by atoms with Crippen molar-refractivity contribution in [3.8, 4) is 5.88 Å². The summed E-state index contributed by atoms with van der Waals surface area (Å²) in [5, 5.41) is 8.50. The highest BCUT2D eigenvalue weighted by atomic mass is 19.1. The van der Waals surface area contributed by atoms with Crippen LogP contribution in [-0.2, 0) is 0 Å². The predicted octanol–water partition coefficient (Wildman–Crippen LogP) is 1.14. The van der Waals surface area contributed by atoms with E-state index in [4.69, 9.17) is 10.8 Å². The summed E-state index contributed by atoms with van der Waals surface area (Å²) in [6.07, 6.45) is 1.18. The molecule has 56 valence electrons. The van der Waals surface area contributed by atoms with Crippen LogP contribution in [0, 0.1) is 5.82 Å². The number of hydrogen-bond acceptors (Lipinski definition) is 3. The minimum Gasteiger partial charge on any atom is -0.491 e. The fraction of sp³-hybridized carbons (Fsp3) is 0.167. The molecule has 0 spiro atoms. The van der Waals surface area contributed by atoms with Gasteiger partial charge in [0.15, 0.2) is 5.82 Å². The molecule has 1 heterocycles. The summed E-state index contributed by atoms with van der Waals surface area (Å²) in [7, 11) is 0. The molecule has 3 N–H and O–H groups in total. The van der Waals surface area contributed by atoms with Crippen molar-refractivity contribution < 1.29 is 9.50 Å². The summed E-state index contributed by atoms with van der Waals surface area (Å²) in [4.78, 5) is 3.23. The molecule has 1 rings (SSSR count). The van der Waals surface area contributed by atoms with Crippen LogP contribution in [-0.4, -0.2) is 10.1 Å². The van der Waals surface area contributed by atoms with Crippen LogP contribution >= 0.6 is 0 Å². The minimum atomic E-state index is -0.796. The van der Waals surface area contributed by atoms with E-state index in [1.54, 1.807) is 0 Å². The number of anilines is 1. The van der Waals surface area contributed by atoms with Crippen molar-refractivity contribution in [3.63, 3.8) is 0 Å². The molecule has 0 radical (unpaired) electrons. The lowest BCUT2D eigenvalue weighted by Gasteiger charge is -1.92. The monoisotopic (exact) mass is 144 g/mol. The van der Waals surface area contributed by atoms with E-state index in [0.29, 0.717) is 0 Å². The second-order valence-electron chi connectivity index (χ2n) is 1.57. The third kappa shape index (κ3) is 1.58. The summed E-state index contributed by atoms with van der Waals surface area (Å²) < 4.78 is 12.2.